The molecule has 0 spiro atoms. The van der Waals surface area contributed by atoms with E-state index in [2.05, 4.69) is 16.5 Å². The Labute approximate surface area is 236 Å². The molecule has 1 aromatic heterocycles. The van der Waals surface area contributed by atoms with Crippen molar-refractivity contribution in [2.45, 2.75) is 0 Å². The quantitative estimate of drug-likeness (QED) is 0.147. The van der Waals surface area contributed by atoms with E-state index in [1.165, 1.54) is 20.3 Å². The minimum atomic E-state index is -0.546. The van der Waals surface area contributed by atoms with Crippen molar-refractivity contribution in [2.75, 3.05) is 41.7 Å². The van der Waals surface area contributed by atoms with Crippen LogP contribution < -0.4 is 23.7 Å². The third-order valence-corrected chi connectivity index (χ3v) is 5.91. The summed E-state index contributed by atoms with van der Waals surface area (Å²) < 4.78 is 32.3. The van der Waals surface area contributed by atoms with Crippen molar-refractivity contribution in [3.63, 3.8) is 0 Å². The molecule has 41 heavy (non-hydrogen) atoms. The molecule has 0 aliphatic rings. The lowest BCUT2D eigenvalue weighted by Gasteiger charge is -2.14. The maximum Gasteiger partial charge on any atom is 0.330 e. The molecule has 1 heterocycles. The molecular weight excluding hydrogens is 530 g/mol. The number of benzene rings is 3. The van der Waals surface area contributed by atoms with Gasteiger partial charge < -0.3 is 33.5 Å². The van der Waals surface area contributed by atoms with Crippen LogP contribution in [-0.2, 0) is 9.53 Å². The van der Waals surface area contributed by atoms with Crippen LogP contribution in [0.5, 0.6) is 34.5 Å². The predicted molar refractivity (Wildman–Crippen MR) is 151 cm³/mol. The fourth-order valence-corrected chi connectivity index (χ4v) is 3.85. The van der Waals surface area contributed by atoms with Crippen LogP contribution in [0.25, 0.3) is 34.2 Å². The van der Waals surface area contributed by atoms with E-state index < -0.39 is 5.97 Å². The molecule has 0 saturated carbocycles. The summed E-state index contributed by atoms with van der Waals surface area (Å²) in [5.74, 6) is 2.66. The highest BCUT2D eigenvalue weighted by molar-refractivity contribution is 5.81. The van der Waals surface area contributed by atoms with Gasteiger partial charge in [0, 0.05) is 24.3 Å². The average Bonchev–Trinajstić information content (AvgIpc) is 3.01. The van der Waals surface area contributed by atoms with E-state index >= 15 is 0 Å². The Morgan fingerprint density at radius 2 is 1.20 bits per heavy atom. The number of phenols is 1. The minimum absolute atomic E-state index is 0.0287. The molecule has 0 aliphatic heterocycles. The van der Waals surface area contributed by atoms with Crippen molar-refractivity contribution in [3.05, 3.63) is 67.3 Å². The van der Waals surface area contributed by atoms with Crippen molar-refractivity contribution < 1.29 is 38.3 Å². The maximum atomic E-state index is 11.2. The van der Waals surface area contributed by atoms with Gasteiger partial charge >= 0.3 is 5.97 Å². The summed E-state index contributed by atoms with van der Waals surface area (Å²) in [5.41, 5.74) is 1.50. The van der Waals surface area contributed by atoms with Gasteiger partial charge in [0.05, 0.1) is 45.1 Å². The van der Waals surface area contributed by atoms with Crippen LogP contribution in [0.3, 0.4) is 0 Å². The van der Waals surface area contributed by atoms with Gasteiger partial charge in [-0.3, -0.25) is 0 Å². The molecule has 4 rings (SSSR count). The molecule has 1 N–H and O–H groups in total. The van der Waals surface area contributed by atoms with E-state index in [1.54, 1.807) is 62.8 Å². The van der Waals surface area contributed by atoms with Crippen LogP contribution in [0.1, 0.15) is 0 Å². The number of aromatic hydroxyl groups is 1. The second-order valence-electron chi connectivity index (χ2n) is 8.34. The standard InChI is InChI=1S/C30H29N3O8/c1-6-27(35)41-14-13-40-20-9-10-21(24(34)15-20)28-31-29(22-11-7-18(36-2)16-25(22)38-4)33-30(32-28)23-12-8-19(37-3)17-26(23)39-5/h6-12,15-17,34H,1,13-14H2,2-5H3. The van der Waals surface area contributed by atoms with Gasteiger partial charge in [-0.2, -0.15) is 0 Å². The Bertz CT molecular complexity index is 1480. The number of ether oxygens (including phenoxy) is 6. The number of carbonyl (C=O) groups excluding carboxylic acids is 1. The normalized spacial score (nSPS) is 10.4. The third kappa shape index (κ3) is 6.64. The Morgan fingerprint density at radius 3 is 1.66 bits per heavy atom. The highest BCUT2D eigenvalue weighted by atomic mass is 16.6. The van der Waals surface area contributed by atoms with Gasteiger partial charge in [-0.25, -0.2) is 19.7 Å². The second kappa shape index (κ2) is 13.2. The Balaban J connectivity index is 1.79. The van der Waals surface area contributed by atoms with Gasteiger partial charge in [-0.05, 0) is 36.4 Å². The van der Waals surface area contributed by atoms with Crippen molar-refractivity contribution in [1.82, 2.24) is 15.0 Å². The molecular formula is C30H29N3O8. The van der Waals surface area contributed by atoms with E-state index in [0.717, 1.165) is 6.08 Å². The van der Waals surface area contributed by atoms with Crippen LogP contribution in [-0.4, -0.2) is 67.7 Å². The monoisotopic (exact) mass is 559 g/mol. The maximum absolute atomic E-state index is 11.2. The van der Waals surface area contributed by atoms with Gasteiger partial charge in [-0.15, -0.1) is 0 Å². The summed E-state index contributed by atoms with van der Waals surface area (Å²) in [5, 5.41) is 10.9. The summed E-state index contributed by atoms with van der Waals surface area (Å²) in [6.45, 7) is 3.46. The molecule has 0 saturated heterocycles. The zero-order chi connectivity index (χ0) is 29.4. The van der Waals surface area contributed by atoms with Gasteiger partial charge in [-0.1, -0.05) is 6.58 Å². The first-order valence-electron chi connectivity index (χ1n) is 12.4. The average molecular weight is 560 g/mol. The number of aromatic nitrogens is 3. The summed E-state index contributed by atoms with van der Waals surface area (Å²) >= 11 is 0. The highest BCUT2D eigenvalue weighted by Gasteiger charge is 2.20. The third-order valence-electron chi connectivity index (χ3n) is 5.91. The molecule has 3 aromatic carbocycles. The van der Waals surface area contributed by atoms with E-state index in [4.69, 9.17) is 33.4 Å². The fraction of sp³-hybridized carbons (Fsp3) is 0.200. The summed E-state index contributed by atoms with van der Waals surface area (Å²) in [7, 11) is 6.20. The lowest BCUT2D eigenvalue weighted by atomic mass is 10.1. The van der Waals surface area contributed by atoms with E-state index in [9.17, 15) is 9.90 Å². The SMILES string of the molecule is C=CC(=O)OCCOc1ccc(-c2nc(-c3ccc(OC)cc3OC)nc(-c3ccc(OC)cc3OC)n2)c(O)c1. The first-order valence-corrected chi connectivity index (χ1v) is 12.4. The predicted octanol–water partition coefficient (Wildman–Crippen LogP) is 4.72. The van der Waals surface area contributed by atoms with Gasteiger partial charge in [0.15, 0.2) is 17.5 Å². The lowest BCUT2D eigenvalue weighted by molar-refractivity contribution is -0.138. The van der Waals surface area contributed by atoms with Crippen LogP contribution in [0.4, 0.5) is 0 Å². The van der Waals surface area contributed by atoms with Gasteiger partial charge in [0.2, 0.25) is 0 Å². The van der Waals surface area contributed by atoms with Crippen molar-refractivity contribution in [1.29, 1.82) is 0 Å². The number of methoxy groups -OCH3 is 4. The first-order chi connectivity index (χ1) is 19.9. The molecule has 0 fully saturated rings. The first kappa shape index (κ1) is 28.7. The van der Waals surface area contributed by atoms with Gasteiger partial charge in [0.25, 0.3) is 0 Å². The largest absolute Gasteiger partial charge is 0.507 e. The second-order valence-corrected chi connectivity index (χ2v) is 8.34. The summed E-state index contributed by atoms with van der Waals surface area (Å²) in [6, 6.07) is 15.2. The Morgan fingerprint density at radius 1 is 0.707 bits per heavy atom. The van der Waals surface area contributed by atoms with Crippen LogP contribution in [0.15, 0.2) is 67.3 Å². The number of nitrogens with zero attached hydrogens (tertiary/aromatic N) is 3. The van der Waals surface area contributed by atoms with Crippen molar-refractivity contribution in [2.24, 2.45) is 0 Å². The molecule has 0 unspecified atom stereocenters. The van der Waals surface area contributed by atoms with E-state index in [0.29, 0.717) is 57.1 Å². The number of carbonyl (C=O) groups is 1. The number of phenolic OH excluding ortho intramolecular Hbond substituents is 1. The van der Waals surface area contributed by atoms with E-state index in [1.807, 2.05) is 0 Å². The molecule has 0 radical (unpaired) electrons. The van der Waals surface area contributed by atoms with Crippen LogP contribution in [0.2, 0.25) is 0 Å². The van der Waals surface area contributed by atoms with Gasteiger partial charge in [0.1, 0.15) is 47.7 Å². The zero-order valence-electron chi connectivity index (χ0n) is 23.0. The minimum Gasteiger partial charge on any atom is -0.507 e. The number of hydrogen-bond acceptors (Lipinski definition) is 11. The topological polar surface area (TPSA) is 131 Å². The molecule has 212 valence electrons. The molecule has 0 atom stereocenters. The smallest absolute Gasteiger partial charge is 0.330 e. The number of rotatable bonds is 12. The molecule has 4 aromatic rings. The number of hydrogen-bond donors (Lipinski definition) is 1. The van der Waals surface area contributed by atoms with E-state index in [-0.39, 0.29) is 24.8 Å². The molecule has 0 amide bonds. The molecule has 0 aliphatic carbocycles. The Kier molecular flexibility index (Phi) is 9.20. The van der Waals surface area contributed by atoms with Crippen molar-refractivity contribution >= 4 is 5.97 Å². The fourth-order valence-electron chi connectivity index (χ4n) is 3.85. The lowest BCUT2D eigenvalue weighted by Crippen LogP contribution is -2.10. The molecule has 11 heteroatoms. The van der Waals surface area contributed by atoms with Crippen LogP contribution in [0, 0.1) is 0 Å². The summed E-state index contributed by atoms with van der Waals surface area (Å²) in [4.78, 5) is 25.3. The summed E-state index contributed by atoms with van der Waals surface area (Å²) in [6.07, 6.45) is 1.07. The molecule has 0 bridgehead atoms. The zero-order valence-corrected chi connectivity index (χ0v) is 23.0. The van der Waals surface area contributed by atoms with Crippen molar-refractivity contribution in [3.8, 4) is 68.7 Å². The van der Waals surface area contributed by atoms with Crippen LogP contribution >= 0.6 is 0 Å². The highest BCUT2D eigenvalue weighted by Crippen LogP contribution is 2.38. The number of esters is 1. The Hall–Kier alpha value is -5.32. The molecule has 11 nitrogen and oxygen atoms in total.